The highest BCUT2D eigenvalue weighted by Gasteiger charge is 2.10. The summed E-state index contributed by atoms with van der Waals surface area (Å²) in [7, 11) is 1.99. The van der Waals surface area contributed by atoms with Gasteiger partial charge in [-0.25, -0.2) is 0 Å². The second-order valence-electron chi connectivity index (χ2n) is 4.38. The molecule has 0 saturated heterocycles. The summed E-state index contributed by atoms with van der Waals surface area (Å²) in [6, 6.07) is 14.1. The summed E-state index contributed by atoms with van der Waals surface area (Å²) in [5.74, 6) is 1.73. The summed E-state index contributed by atoms with van der Waals surface area (Å²) in [5, 5.41) is 9.45. The van der Waals surface area contributed by atoms with E-state index in [-0.39, 0.29) is 0 Å². The summed E-state index contributed by atoms with van der Waals surface area (Å²) < 4.78 is 2.02. The molecule has 0 aliphatic rings. The first-order chi connectivity index (χ1) is 9.84. The first kappa shape index (κ1) is 12.9. The Balaban J connectivity index is 1.78. The van der Waals surface area contributed by atoms with Gasteiger partial charge in [-0.15, -0.1) is 10.2 Å². The molecule has 0 bridgehead atoms. The van der Waals surface area contributed by atoms with Crippen molar-refractivity contribution in [1.82, 2.24) is 19.7 Å². The van der Waals surface area contributed by atoms with Crippen LogP contribution >= 0.6 is 11.8 Å². The third kappa shape index (κ3) is 2.72. The lowest BCUT2D eigenvalue weighted by atomic mass is 10.2. The Hall–Kier alpha value is -2.14. The fraction of sp³-hybridized carbons (Fsp3) is 0.133. The maximum absolute atomic E-state index is 4.27. The maximum Gasteiger partial charge on any atom is 0.191 e. The van der Waals surface area contributed by atoms with Crippen molar-refractivity contribution in [1.29, 1.82) is 0 Å². The molecule has 4 nitrogen and oxygen atoms in total. The molecule has 0 radical (unpaired) electrons. The normalized spacial score (nSPS) is 10.7. The van der Waals surface area contributed by atoms with Crippen molar-refractivity contribution >= 4 is 11.8 Å². The molecule has 0 unspecified atom stereocenters. The standard InChI is InChI=1S/C15H14N4S/c1-19-14(13-7-3-2-4-8-13)17-18-15(19)20-11-12-6-5-9-16-10-12/h2-10H,11H2,1H3. The zero-order chi connectivity index (χ0) is 13.8. The molecule has 0 N–H and O–H groups in total. The molecular weight excluding hydrogens is 268 g/mol. The zero-order valence-electron chi connectivity index (χ0n) is 11.1. The summed E-state index contributed by atoms with van der Waals surface area (Å²) in [5.41, 5.74) is 2.26. The van der Waals surface area contributed by atoms with Gasteiger partial charge < -0.3 is 4.57 Å². The number of aromatic nitrogens is 4. The monoisotopic (exact) mass is 282 g/mol. The van der Waals surface area contributed by atoms with Crippen molar-refractivity contribution in [2.75, 3.05) is 0 Å². The van der Waals surface area contributed by atoms with Gasteiger partial charge in [0.15, 0.2) is 11.0 Å². The lowest BCUT2D eigenvalue weighted by Crippen LogP contribution is -1.95. The Morgan fingerprint density at radius 1 is 1.05 bits per heavy atom. The molecule has 2 aromatic heterocycles. The van der Waals surface area contributed by atoms with E-state index in [1.807, 2.05) is 54.2 Å². The van der Waals surface area contributed by atoms with E-state index >= 15 is 0 Å². The van der Waals surface area contributed by atoms with E-state index in [2.05, 4.69) is 21.2 Å². The smallest absolute Gasteiger partial charge is 0.191 e. The van der Waals surface area contributed by atoms with Gasteiger partial charge in [-0.2, -0.15) is 0 Å². The Bertz CT molecular complexity index is 680. The van der Waals surface area contributed by atoms with E-state index in [4.69, 9.17) is 0 Å². The topological polar surface area (TPSA) is 43.6 Å². The van der Waals surface area contributed by atoms with Crippen LogP contribution in [-0.4, -0.2) is 19.7 Å². The summed E-state index contributed by atoms with van der Waals surface area (Å²) >= 11 is 1.66. The minimum atomic E-state index is 0.842. The van der Waals surface area contributed by atoms with Crippen LogP contribution in [0.4, 0.5) is 0 Å². The molecule has 5 heteroatoms. The highest BCUT2D eigenvalue weighted by atomic mass is 32.2. The summed E-state index contributed by atoms with van der Waals surface area (Å²) in [4.78, 5) is 4.12. The first-order valence-electron chi connectivity index (χ1n) is 6.31. The van der Waals surface area contributed by atoms with Gasteiger partial charge in [0.25, 0.3) is 0 Å². The average Bonchev–Trinajstić information content (AvgIpc) is 2.88. The van der Waals surface area contributed by atoms with Crippen LogP contribution in [0.15, 0.2) is 60.0 Å². The van der Waals surface area contributed by atoms with E-state index in [1.165, 1.54) is 5.56 Å². The molecule has 0 saturated carbocycles. The van der Waals surface area contributed by atoms with Gasteiger partial charge in [-0.3, -0.25) is 4.98 Å². The van der Waals surface area contributed by atoms with E-state index in [9.17, 15) is 0 Å². The Morgan fingerprint density at radius 3 is 2.65 bits per heavy atom. The van der Waals surface area contributed by atoms with E-state index in [0.29, 0.717) is 0 Å². The van der Waals surface area contributed by atoms with Crippen LogP contribution in [0.2, 0.25) is 0 Å². The number of hydrogen-bond donors (Lipinski definition) is 0. The van der Waals surface area contributed by atoms with Crippen molar-refractivity contribution in [3.8, 4) is 11.4 Å². The van der Waals surface area contributed by atoms with Gasteiger partial charge in [0.1, 0.15) is 0 Å². The van der Waals surface area contributed by atoms with Gasteiger partial charge in [0.05, 0.1) is 0 Å². The fourth-order valence-corrected chi connectivity index (χ4v) is 2.76. The molecule has 1 aromatic carbocycles. The molecule has 20 heavy (non-hydrogen) atoms. The third-order valence-corrected chi connectivity index (χ3v) is 4.05. The van der Waals surface area contributed by atoms with Crippen LogP contribution in [0.1, 0.15) is 5.56 Å². The third-order valence-electron chi connectivity index (χ3n) is 2.96. The van der Waals surface area contributed by atoms with Gasteiger partial charge in [0, 0.05) is 30.8 Å². The summed E-state index contributed by atoms with van der Waals surface area (Å²) in [6.07, 6.45) is 3.66. The molecule has 0 aliphatic heterocycles. The van der Waals surface area contributed by atoms with Gasteiger partial charge in [-0.1, -0.05) is 48.2 Å². The van der Waals surface area contributed by atoms with Gasteiger partial charge in [0.2, 0.25) is 0 Å². The highest BCUT2D eigenvalue weighted by molar-refractivity contribution is 7.98. The molecule has 0 spiro atoms. The van der Waals surface area contributed by atoms with Crippen molar-refractivity contribution < 1.29 is 0 Å². The number of pyridine rings is 1. The average molecular weight is 282 g/mol. The van der Waals surface area contributed by atoms with Crippen LogP contribution in [-0.2, 0) is 12.8 Å². The van der Waals surface area contributed by atoms with Crippen LogP contribution in [0.5, 0.6) is 0 Å². The van der Waals surface area contributed by atoms with Crippen molar-refractivity contribution in [2.45, 2.75) is 10.9 Å². The van der Waals surface area contributed by atoms with E-state index < -0.39 is 0 Å². The van der Waals surface area contributed by atoms with Crippen molar-refractivity contribution in [2.24, 2.45) is 7.05 Å². The Labute approximate surface area is 121 Å². The lowest BCUT2D eigenvalue weighted by molar-refractivity contribution is 0.794. The number of benzene rings is 1. The minimum Gasteiger partial charge on any atom is -0.305 e. The first-order valence-corrected chi connectivity index (χ1v) is 7.29. The number of nitrogens with zero attached hydrogens (tertiary/aromatic N) is 4. The second kappa shape index (κ2) is 5.88. The Kier molecular flexibility index (Phi) is 3.78. The minimum absolute atomic E-state index is 0.842. The molecule has 3 rings (SSSR count). The molecular formula is C15H14N4S. The molecule has 100 valence electrons. The van der Waals surface area contributed by atoms with E-state index in [1.54, 1.807) is 18.0 Å². The maximum atomic E-state index is 4.27. The molecule has 0 aliphatic carbocycles. The predicted octanol–water partition coefficient (Wildman–Crippen LogP) is 3.17. The van der Waals surface area contributed by atoms with Gasteiger partial charge in [-0.05, 0) is 11.6 Å². The fourth-order valence-electron chi connectivity index (χ4n) is 1.91. The number of rotatable bonds is 4. The highest BCUT2D eigenvalue weighted by Crippen LogP contribution is 2.24. The van der Waals surface area contributed by atoms with Crippen LogP contribution in [0.25, 0.3) is 11.4 Å². The largest absolute Gasteiger partial charge is 0.305 e. The SMILES string of the molecule is Cn1c(SCc2cccnc2)nnc1-c1ccccc1. The quantitative estimate of drug-likeness (QED) is 0.689. The zero-order valence-corrected chi connectivity index (χ0v) is 11.9. The second-order valence-corrected chi connectivity index (χ2v) is 5.32. The van der Waals surface area contributed by atoms with Gasteiger partial charge >= 0.3 is 0 Å². The molecule has 3 aromatic rings. The number of thioether (sulfide) groups is 1. The number of hydrogen-bond acceptors (Lipinski definition) is 4. The van der Waals surface area contributed by atoms with Crippen LogP contribution in [0.3, 0.4) is 0 Å². The predicted molar refractivity (Wildman–Crippen MR) is 80.2 cm³/mol. The molecule has 0 amide bonds. The lowest BCUT2D eigenvalue weighted by Gasteiger charge is -2.03. The van der Waals surface area contributed by atoms with Crippen LogP contribution in [0, 0.1) is 0 Å². The molecule has 0 atom stereocenters. The van der Waals surface area contributed by atoms with Crippen molar-refractivity contribution in [3.63, 3.8) is 0 Å². The molecule has 2 heterocycles. The summed E-state index contributed by atoms with van der Waals surface area (Å²) in [6.45, 7) is 0. The Morgan fingerprint density at radius 2 is 1.90 bits per heavy atom. The molecule has 0 fully saturated rings. The van der Waals surface area contributed by atoms with E-state index in [0.717, 1.165) is 22.3 Å². The van der Waals surface area contributed by atoms with Crippen molar-refractivity contribution in [3.05, 3.63) is 60.4 Å². The van der Waals surface area contributed by atoms with Crippen LogP contribution < -0.4 is 0 Å².